The molecule has 0 amide bonds. The molecule has 0 radical (unpaired) electrons. The van der Waals surface area contributed by atoms with Crippen LogP contribution in [0.5, 0.6) is 0 Å². The van der Waals surface area contributed by atoms with Crippen molar-refractivity contribution in [2.75, 3.05) is 6.61 Å². The van der Waals surface area contributed by atoms with Crippen molar-refractivity contribution in [3.05, 3.63) is 11.9 Å². The smallest absolute Gasteiger partial charge is 0.180 e. The molecule has 0 aromatic rings. The zero-order valence-corrected chi connectivity index (χ0v) is 7.38. The number of aliphatic hydroxyl groups is 1. The van der Waals surface area contributed by atoms with Gasteiger partial charge in [0.2, 0.25) is 0 Å². The molecule has 1 heterocycles. The van der Waals surface area contributed by atoms with Crippen LogP contribution < -0.4 is 16.8 Å². The summed E-state index contributed by atoms with van der Waals surface area (Å²) >= 11 is 4.19. The average Bonchev–Trinajstić information content (AvgIpc) is 1.82. The van der Waals surface area contributed by atoms with E-state index in [0.29, 0.717) is 18.1 Å². The first kappa shape index (κ1) is 9.21. The van der Waals surface area contributed by atoms with Crippen LogP contribution in [0.1, 0.15) is 6.42 Å². The van der Waals surface area contributed by atoms with Crippen molar-refractivity contribution in [1.82, 2.24) is 5.32 Å². The van der Waals surface area contributed by atoms with E-state index in [0.717, 1.165) is 0 Å². The van der Waals surface area contributed by atoms with Gasteiger partial charge in [0.1, 0.15) is 11.7 Å². The molecule has 1 rings (SSSR count). The molecule has 1 aliphatic heterocycles. The van der Waals surface area contributed by atoms with Crippen molar-refractivity contribution in [3.8, 4) is 0 Å². The zero-order valence-electron chi connectivity index (χ0n) is 6.49. The number of nitrogens with zero attached hydrogens (tertiary/aromatic N) is 1. The Morgan fingerprint density at radius 2 is 2.33 bits per heavy atom. The van der Waals surface area contributed by atoms with E-state index in [1.165, 1.54) is 6.08 Å². The molecule has 0 aromatic carbocycles. The van der Waals surface area contributed by atoms with Crippen molar-refractivity contribution in [1.29, 1.82) is 0 Å². The van der Waals surface area contributed by atoms with E-state index in [1.807, 2.05) is 0 Å². The van der Waals surface area contributed by atoms with Crippen LogP contribution in [0.25, 0.3) is 0 Å². The van der Waals surface area contributed by atoms with Gasteiger partial charge in [-0.3, -0.25) is 0 Å². The first-order valence-corrected chi connectivity index (χ1v) is 3.94. The van der Waals surface area contributed by atoms with Gasteiger partial charge in [0.15, 0.2) is 4.99 Å². The maximum absolute atomic E-state index is 8.70. The Bertz CT molecular complexity index is 240. The Morgan fingerprint density at radius 3 is 2.83 bits per heavy atom. The maximum atomic E-state index is 8.70. The summed E-state index contributed by atoms with van der Waals surface area (Å²) in [5.74, 6) is 0.723. The van der Waals surface area contributed by atoms with Gasteiger partial charge in [-0.25, -0.2) is 4.99 Å². The molecule has 1 unspecified atom stereocenters. The number of hydrogen-bond acceptors (Lipinski definition) is 6. The number of hydrogen-bond donors (Lipinski definition) is 5. The van der Waals surface area contributed by atoms with Gasteiger partial charge in [0, 0.05) is 19.1 Å². The SMILES string of the molecule is NC1=CC(N)=NC(S)(CCO)N1. The molecule has 0 bridgehead atoms. The van der Waals surface area contributed by atoms with Gasteiger partial charge in [-0.05, 0) is 0 Å². The molecule has 0 spiro atoms. The lowest BCUT2D eigenvalue weighted by atomic mass is 10.3. The lowest BCUT2D eigenvalue weighted by Gasteiger charge is -2.29. The highest BCUT2D eigenvalue weighted by Crippen LogP contribution is 2.20. The molecule has 0 saturated carbocycles. The molecule has 0 aromatic heterocycles. The molecular weight excluding hydrogens is 176 g/mol. The molecule has 5 nitrogen and oxygen atoms in total. The summed E-state index contributed by atoms with van der Waals surface area (Å²) in [6.45, 7) is -0.0272. The molecular formula is C6H12N4OS. The monoisotopic (exact) mass is 188 g/mol. The van der Waals surface area contributed by atoms with Crippen molar-refractivity contribution in [2.24, 2.45) is 16.5 Å². The third-order valence-corrected chi connectivity index (χ3v) is 1.86. The largest absolute Gasteiger partial charge is 0.396 e. The third kappa shape index (κ3) is 2.05. The summed E-state index contributed by atoms with van der Waals surface area (Å²) in [7, 11) is 0. The maximum Gasteiger partial charge on any atom is 0.180 e. The van der Waals surface area contributed by atoms with Gasteiger partial charge in [0.05, 0.1) is 0 Å². The first-order valence-electron chi connectivity index (χ1n) is 3.50. The summed E-state index contributed by atoms with van der Waals surface area (Å²) in [6.07, 6.45) is 1.86. The van der Waals surface area contributed by atoms with Crippen LogP contribution in [0.3, 0.4) is 0 Å². The van der Waals surface area contributed by atoms with Gasteiger partial charge in [-0.15, -0.1) is 12.6 Å². The molecule has 0 fully saturated rings. The summed E-state index contributed by atoms with van der Waals surface area (Å²) < 4.78 is 0. The van der Waals surface area contributed by atoms with Crippen LogP contribution in [0.4, 0.5) is 0 Å². The molecule has 0 saturated heterocycles. The van der Waals surface area contributed by atoms with Crippen LogP contribution >= 0.6 is 12.6 Å². The molecule has 12 heavy (non-hydrogen) atoms. The summed E-state index contributed by atoms with van der Waals surface area (Å²) in [4.78, 5) is 3.12. The predicted octanol–water partition coefficient (Wildman–Crippen LogP) is -1.29. The Morgan fingerprint density at radius 1 is 1.67 bits per heavy atom. The fraction of sp³-hybridized carbons (Fsp3) is 0.500. The lowest BCUT2D eigenvalue weighted by molar-refractivity contribution is 0.261. The van der Waals surface area contributed by atoms with Crippen LogP contribution in [-0.4, -0.2) is 22.5 Å². The van der Waals surface area contributed by atoms with Crippen molar-refractivity contribution in [3.63, 3.8) is 0 Å². The number of rotatable bonds is 2. The quantitative estimate of drug-likeness (QED) is 0.348. The van der Waals surface area contributed by atoms with E-state index in [-0.39, 0.29) is 6.61 Å². The van der Waals surface area contributed by atoms with Gasteiger partial charge in [-0.1, -0.05) is 0 Å². The Hall–Kier alpha value is -0.880. The van der Waals surface area contributed by atoms with E-state index < -0.39 is 4.99 Å². The number of nitrogens with one attached hydrogen (secondary N) is 1. The van der Waals surface area contributed by atoms with E-state index in [2.05, 4.69) is 22.9 Å². The summed E-state index contributed by atoms with van der Waals surface area (Å²) in [6, 6.07) is 0. The predicted molar refractivity (Wildman–Crippen MR) is 50.4 cm³/mol. The lowest BCUT2D eigenvalue weighted by Crippen LogP contribution is -2.45. The van der Waals surface area contributed by atoms with Gasteiger partial charge in [-0.2, -0.15) is 0 Å². The highest BCUT2D eigenvalue weighted by Gasteiger charge is 2.26. The van der Waals surface area contributed by atoms with Crippen molar-refractivity contribution in [2.45, 2.75) is 11.4 Å². The Labute approximate surface area is 75.9 Å². The highest BCUT2D eigenvalue weighted by atomic mass is 32.1. The topological polar surface area (TPSA) is 96.7 Å². The van der Waals surface area contributed by atoms with Crippen LogP contribution in [0.2, 0.25) is 0 Å². The molecule has 1 atom stereocenters. The molecule has 0 aliphatic carbocycles. The fourth-order valence-corrected chi connectivity index (χ4v) is 1.32. The first-order chi connectivity index (χ1) is 5.56. The Kier molecular flexibility index (Phi) is 2.49. The normalized spacial score (nSPS) is 28.8. The van der Waals surface area contributed by atoms with E-state index in [9.17, 15) is 0 Å². The van der Waals surface area contributed by atoms with Gasteiger partial charge in [0.25, 0.3) is 0 Å². The summed E-state index contributed by atoms with van der Waals surface area (Å²) in [5, 5.41) is 11.5. The van der Waals surface area contributed by atoms with Crippen LogP contribution in [-0.2, 0) is 0 Å². The highest BCUT2D eigenvalue weighted by molar-refractivity contribution is 7.81. The zero-order chi connectivity index (χ0) is 9.19. The fourth-order valence-electron chi connectivity index (χ4n) is 0.975. The molecule has 1 aliphatic rings. The van der Waals surface area contributed by atoms with E-state index in [1.54, 1.807) is 0 Å². The third-order valence-electron chi connectivity index (χ3n) is 1.42. The van der Waals surface area contributed by atoms with E-state index in [4.69, 9.17) is 16.6 Å². The number of nitrogens with two attached hydrogens (primary N) is 2. The number of aliphatic hydroxyl groups excluding tert-OH is 1. The average molecular weight is 188 g/mol. The second kappa shape index (κ2) is 3.24. The minimum absolute atomic E-state index is 0.0272. The second-order valence-corrected chi connectivity index (χ2v) is 3.29. The Balaban J connectivity index is 2.77. The van der Waals surface area contributed by atoms with Gasteiger partial charge < -0.3 is 21.9 Å². The minimum Gasteiger partial charge on any atom is -0.396 e. The van der Waals surface area contributed by atoms with Crippen molar-refractivity contribution >= 4 is 18.5 Å². The number of amidine groups is 1. The van der Waals surface area contributed by atoms with Crippen molar-refractivity contribution < 1.29 is 5.11 Å². The molecule has 68 valence electrons. The van der Waals surface area contributed by atoms with E-state index >= 15 is 0 Å². The number of thiol groups is 1. The molecule has 6 N–H and O–H groups in total. The van der Waals surface area contributed by atoms with Crippen LogP contribution in [0.15, 0.2) is 16.9 Å². The second-order valence-electron chi connectivity index (χ2n) is 2.55. The number of aliphatic imine (C=N–C) groups is 1. The van der Waals surface area contributed by atoms with Crippen LogP contribution in [0, 0.1) is 0 Å². The minimum atomic E-state index is -0.863. The molecule has 6 heteroatoms. The van der Waals surface area contributed by atoms with Gasteiger partial charge >= 0.3 is 0 Å². The summed E-state index contributed by atoms with van der Waals surface area (Å²) in [5.41, 5.74) is 10.9. The standard InChI is InChI=1S/C6H12N4OS/c7-4-3-5(8)10-6(12,9-4)1-2-11/h3,9,11-12H,1-2,7H2,(H2,8,10).